The summed E-state index contributed by atoms with van der Waals surface area (Å²) in [6, 6.07) is 18.2. The highest BCUT2D eigenvalue weighted by Gasteiger charge is 2.23. The Kier molecular flexibility index (Phi) is 8.93. The number of nitrogens with zero attached hydrogens (tertiary/aromatic N) is 4. The van der Waals surface area contributed by atoms with Crippen molar-refractivity contribution in [3.05, 3.63) is 71.4 Å². The molecule has 1 aliphatic heterocycles. The molecule has 1 fully saturated rings. The Morgan fingerprint density at radius 2 is 1.77 bits per heavy atom. The molecular formula is C28H38N4O3. The van der Waals surface area contributed by atoms with Crippen LogP contribution >= 0.6 is 0 Å². The lowest BCUT2D eigenvalue weighted by atomic mass is 10.2. The summed E-state index contributed by atoms with van der Waals surface area (Å²) in [6.07, 6.45) is 0.579. The maximum atomic E-state index is 10.9. The fourth-order valence-electron chi connectivity index (χ4n) is 4.50. The Labute approximate surface area is 208 Å². The maximum absolute atomic E-state index is 10.9. The Hall–Kier alpha value is -2.71. The van der Waals surface area contributed by atoms with E-state index in [0.717, 1.165) is 67.8 Å². The third-order valence-corrected chi connectivity index (χ3v) is 6.34. The van der Waals surface area contributed by atoms with Gasteiger partial charge in [-0.15, -0.1) is 0 Å². The van der Waals surface area contributed by atoms with E-state index in [0.29, 0.717) is 19.6 Å². The maximum Gasteiger partial charge on any atom is 0.227 e. The van der Waals surface area contributed by atoms with Crippen LogP contribution in [0.25, 0.3) is 5.69 Å². The molecule has 35 heavy (non-hydrogen) atoms. The van der Waals surface area contributed by atoms with Gasteiger partial charge in [0.15, 0.2) is 0 Å². The number of aromatic nitrogens is 2. The van der Waals surface area contributed by atoms with Crippen LogP contribution in [0.2, 0.25) is 0 Å². The number of β-amino-alcohol motifs (C(OH)–C–C–N with tert-alkyl or cyclic N) is 1. The van der Waals surface area contributed by atoms with Gasteiger partial charge < -0.3 is 14.6 Å². The van der Waals surface area contributed by atoms with Crippen molar-refractivity contribution in [1.82, 2.24) is 19.6 Å². The van der Waals surface area contributed by atoms with Crippen molar-refractivity contribution in [2.45, 2.75) is 39.8 Å². The predicted molar refractivity (Wildman–Crippen MR) is 138 cm³/mol. The number of aliphatic hydroxyl groups is 1. The smallest absolute Gasteiger partial charge is 0.227 e. The van der Waals surface area contributed by atoms with Crippen molar-refractivity contribution in [2.75, 3.05) is 45.9 Å². The second kappa shape index (κ2) is 12.3. The minimum absolute atomic E-state index is 0.425. The summed E-state index contributed by atoms with van der Waals surface area (Å²) >= 11 is 0. The number of hydrogen-bond donors (Lipinski definition) is 1. The van der Waals surface area contributed by atoms with Gasteiger partial charge >= 0.3 is 0 Å². The molecule has 0 radical (unpaired) electrons. The van der Waals surface area contributed by atoms with Crippen LogP contribution in [0.4, 0.5) is 0 Å². The van der Waals surface area contributed by atoms with Crippen molar-refractivity contribution in [3.8, 4) is 17.3 Å². The number of benzene rings is 2. The standard InChI is InChI=1S/C28H38N4O3/c1-4-14-31(20-25(33)19-30-15-17-34-18-16-30)21-27-23(3)29-32(24-8-6-5-7-9-24)28(27)35-26-12-10-22(2)11-13-26/h5-13,25,33H,4,14-21H2,1-3H3/t25-/m1/s1. The number of aryl methyl sites for hydroxylation is 2. The zero-order chi connectivity index (χ0) is 24.6. The molecule has 0 bridgehead atoms. The molecule has 1 N–H and O–H groups in total. The first-order valence-electron chi connectivity index (χ1n) is 12.6. The molecule has 1 atom stereocenters. The van der Waals surface area contributed by atoms with Gasteiger partial charge in [-0.3, -0.25) is 9.80 Å². The van der Waals surface area contributed by atoms with E-state index in [1.807, 2.05) is 54.1 Å². The minimum Gasteiger partial charge on any atom is -0.439 e. The van der Waals surface area contributed by atoms with Gasteiger partial charge in [0, 0.05) is 32.7 Å². The highest BCUT2D eigenvalue weighted by molar-refractivity contribution is 5.43. The normalized spacial score (nSPS) is 15.5. The SMILES string of the molecule is CCCN(Cc1c(C)nn(-c2ccccc2)c1Oc1ccc(C)cc1)C[C@H](O)CN1CCOCC1. The molecule has 0 aliphatic carbocycles. The van der Waals surface area contributed by atoms with Gasteiger partial charge in [0.1, 0.15) is 5.75 Å². The number of para-hydroxylation sites is 1. The predicted octanol–water partition coefficient (Wildman–Crippen LogP) is 4.19. The zero-order valence-corrected chi connectivity index (χ0v) is 21.2. The summed E-state index contributed by atoms with van der Waals surface area (Å²) in [7, 11) is 0. The highest BCUT2D eigenvalue weighted by Crippen LogP contribution is 2.32. The molecule has 0 unspecified atom stereocenters. The van der Waals surface area contributed by atoms with Crippen LogP contribution in [0.15, 0.2) is 54.6 Å². The number of ether oxygens (including phenoxy) is 2. The Bertz CT molecular complexity index is 1050. The molecule has 3 aromatic rings. The van der Waals surface area contributed by atoms with Crippen LogP contribution in [0.3, 0.4) is 0 Å². The average molecular weight is 479 g/mol. The largest absolute Gasteiger partial charge is 0.439 e. The summed E-state index contributed by atoms with van der Waals surface area (Å²) in [5.41, 5.74) is 4.12. The van der Waals surface area contributed by atoms with Crippen molar-refractivity contribution in [2.24, 2.45) is 0 Å². The van der Waals surface area contributed by atoms with Crippen molar-refractivity contribution in [1.29, 1.82) is 0 Å². The van der Waals surface area contributed by atoms with Crippen LogP contribution in [0, 0.1) is 13.8 Å². The fourth-order valence-corrected chi connectivity index (χ4v) is 4.50. The molecule has 7 heteroatoms. The van der Waals surface area contributed by atoms with E-state index >= 15 is 0 Å². The molecule has 188 valence electrons. The molecule has 2 heterocycles. The second-order valence-corrected chi connectivity index (χ2v) is 9.33. The average Bonchev–Trinajstić information content (AvgIpc) is 3.16. The van der Waals surface area contributed by atoms with Crippen LogP contribution in [0.1, 0.15) is 30.2 Å². The van der Waals surface area contributed by atoms with Crippen molar-refractivity contribution >= 4 is 0 Å². The first kappa shape index (κ1) is 25.4. The Morgan fingerprint density at radius 3 is 2.46 bits per heavy atom. The lowest BCUT2D eigenvalue weighted by Crippen LogP contribution is -2.44. The van der Waals surface area contributed by atoms with E-state index in [9.17, 15) is 5.11 Å². The lowest BCUT2D eigenvalue weighted by Gasteiger charge is -2.31. The summed E-state index contributed by atoms with van der Waals surface area (Å²) in [5, 5.41) is 15.7. The van der Waals surface area contributed by atoms with Crippen molar-refractivity contribution in [3.63, 3.8) is 0 Å². The second-order valence-electron chi connectivity index (χ2n) is 9.33. The summed E-state index contributed by atoms with van der Waals surface area (Å²) in [5.74, 6) is 1.50. The highest BCUT2D eigenvalue weighted by atomic mass is 16.5. The summed E-state index contributed by atoms with van der Waals surface area (Å²) in [6.45, 7) is 12.3. The van der Waals surface area contributed by atoms with E-state index < -0.39 is 6.10 Å². The summed E-state index contributed by atoms with van der Waals surface area (Å²) < 4.78 is 13.8. The number of morpholine rings is 1. The van der Waals surface area contributed by atoms with Crippen LogP contribution in [-0.2, 0) is 11.3 Å². The van der Waals surface area contributed by atoms with Gasteiger partial charge in [0.25, 0.3) is 0 Å². The first-order valence-corrected chi connectivity index (χ1v) is 12.6. The van der Waals surface area contributed by atoms with E-state index in [1.165, 1.54) is 5.56 Å². The molecule has 1 aliphatic rings. The quantitative estimate of drug-likeness (QED) is 0.446. The molecule has 0 amide bonds. The monoisotopic (exact) mass is 478 g/mol. The van der Waals surface area contributed by atoms with Crippen molar-refractivity contribution < 1.29 is 14.6 Å². The van der Waals surface area contributed by atoms with Gasteiger partial charge in [-0.25, -0.2) is 4.68 Å². The zero-order valence-electron chi connectivity index (χ0n) is 21.2. The van der Waals surface area contributed by atoms with E-state index in [4.69, 9.17) is 14.6 Å². The topological polar surface area (TPSA) is 63.0 Å². The van der Waals surface area contributed by atoms with Gasteiger partial charge in [0.2, 0.25) is 5.88 Å². The molecular weight excluding hydrogens is 440 g/mol. The molecule has 2 aromatic carbocycles. The third kappa shape index (κ3) is 6.92. The van der Waals surface area contributed by atoms with Crippen LogP contribution in [0.5, 0.6) is 11.6 Å². The first-order chi connectivity index (χ1) is 17.0. The number of rotatable bonds is 11. The Balaban J connectivity index is 1.58. The molecule has 0 saturated carbocycles. The molecule has 0 spiro atoms. The summed E-state index contributed by atoms with van der Waals surface area (Å²) in [4.78, 5) is 4.59. The van der Waals surface area contributed by atoms with E-state index in [1.54, 1.807) is 0 Å². The third-order valence-electron chi connectivity index (χ3n) is 6.34. The molecule has 1 saturated heterocycles. The number of hydrogen-bond acceptors (Lipinski definition) is 6. The Morgan fingerprint density at radius 1 is 1.06 bits per heavy atom. The lowest BCUT2D eigenvalue weighted by molar-refractivity contribution is 0.00622. The van der Waals surface area contributed by atoms with E-state index in [-0.39, 0.29) is 0 Å². The van der Waals surface area contributed by atoms with Gasteiger partial charge in [-0.2, -0.15) is 5.10 Å². The van der Waals surface area contributed by atoms with E-state index in [2.05, 4.69) is 35.8 Å². The van der Waals surface area contributed by atoms with Crippen LogP contribution in [-0.4, -0.2) is 76.7 Å². The molecule has 1 aromatic heterocycles. The minimum atomic E-state index is -0.425. The van der Waals surface area contributed by atoms with Gasteiger partial charge in [-0.1, -0.05) is 42.8 Å². The molecule has 7 nitrogen and oxygen atoms in total. The van der Waals surface area contributed by atoms with Gasteiger partial charge in [-0.05, 0) is 51.1 Å². The fraction of sp³-hybridized carbons (Fsp3) is 0.464. The molecule has 4 rings (SSSR count). The van der Waals surface area contributed by atoms with Crippen LogP contribution < -0.4 is 4.74 Å². The van der Waals surface area contributed by atoms with Gasteiger partial charge in [0.05, 0.1) is 36.3 Å². The number of aliphatic hydroxyl groups excluding tert-OH is 1.